The molecule has 0 radical (unpaired) electrons. The summed E-state index contributed by atoms with van der Waals surface area (Å²) in [5.41, 5.74) is 0.614. The molecule has 1 aliphatic heterocycles. The highest BCUT2D eigenvalue weighted by atomic mass is 32.2. The van der Waals surface area contributed by atoms with Gasteiger partial charge in [-0.3, -0.25) is 9.59 Å². The van der Waals surface area contributed by atoms with E-state index in [1.807, 2.05) is 48.4 Å². The monoisotopic (exact) mass is 444 g/mol. The van der Waals surface area contributed by atoms with Crippen LogP contribution in [0.2, 0.25) is 0 Å². The third kappa shape index (κ3) is 5.86. The topological polar surface area (TPSA) is 83.4 Å². The molecule has 2 amide bonds. The molecule has 1 aromatic carbocycles. The lowest BCUT2D eigenvalue weighted by Crippen LogP contribution is -2.47. The van der Waals surface area contributed by atoms with Crippen LogP contribution in [-0.4, -0.2) is 75.4 Å². The van der Waals surface area contributed by atoms with Gasteiger partial charge in [-0.05, 0) is 32.0 Å². The van der Waals surface area contributed by atoms with Gasteiger partial charge in [0.1, 0.15) is 0 Å². The molecule has 8 nitrogen and oxygen atoms in total. The van der Waals surface area contributed by atoms with Gasteiger partial charge in [-0.2, -0.15) is 0 Å². The first-order chi connectivity index (χ1) is 14.9. The molecule has 0 saturated carbocycles. The largest absolute Gasteiger partial charge is 0.342 e. The smallest absolute Gasteiger partial charge is 0.251 e. The Morgan fingerprint density at radius 2 is 1.77 bits per heavy atom. The van der Waals surface area contributed by atoms with Crippen molar-refractivity contribution in [1.82, 2.24) is 29.9 Å². The van der Waals surface area contributed by atoms with Crippen LogP contribution in [0.1, 0.15) is 43.0 Å². The highest BCUT2D eigenvalue weighted by Crippen LogP contribution is 2.25. The molecule has 1 aliphatic rings. The Hall–Kier alpha value is -2.39. The number of hydrogen-bond donors (Lipinski definition) is 1. The number of piperazine rings is 1. The van der Waals surface area contributed by atoms with Crippen LogP contribution in [0.25, 0.3) is 0 Å². The van der Waals surface area contributed by atoms with E-state index >= 15 is 0 Å². The fourth-order valence-corrected chi connectivity index (χ4v) is 4.46. The minimum Gasteiger partial charge on any atom is -0.342 e. The zero-order valence-electron chi connectivity index (χ0n) is 18.7. The molecule has 1 atom stereocenters. The van der Waals surface area contributed by atoms with Gasteiger partial charge in [0.2, 0.25) is 5.91 Å². The fraction of sp³-hybridized carbons (Fsp3) is 0.545. The van der Waals surface area contributed by atoms with E-state index in [-0.39, 0.29) is 23.8 Å². The van der Waals surface area contributed by atoms with Crippen molar-refractivity contribution in [3.05, 3.63) is 41.7 Å². The van der Waals surface area contributed by atoms with Gasteiger partial charge in [0.05, 0.1) is 11.8 Å². The van der Waals surface area contributed by atoms with Crippen molar-refractivity contribution in [2.75, 3.05) is 39.0 Å². The van der Waals surface area contributed by atoms with Crippen molar-refractivity contribution < 1.29 is 9.59 Å². The van der Waals surface area contributed by atoms with Crippen molar-refractivity contribution >= 4 is 23.6 Å². The Bertz CT molecular complexity index is 877. The van der Waals surface area contributed by atoms with Crippen LogP contribution in [0.3, 0.4) is 0 Å². The first kappa shape index (κ1) is 23.3. The first-order valence-corrected chi connectivity index (χ1v) is 11.8. The van der Waals surface area contributed by atoms with Crippen LogP contribution in [-0.2, 0) is 11.3 Å². The van der Waals surface area contributed by atoms with Crippen molar-refractivity contribution in [3.63, 3.8) is 0 Å². The van der Waals surface area contributed by atoms with E-state index in [9.17, 15) is 9.59 Å². The van der Waals surface area contributed by atoms with Gasteiger partial charge in [-0.25, -0.2) is 0 Å². The molecule has 1 aromatic heterocycles. The van der Waals surface area contributed by atoms with Crippen LogP contribution in [0.4, 0.5) is 0 Å². The minimum atomic E-state index is -0.275. The molecule has 2 heterocycles. The summed E-state index contributed by atoms with van der Waals surface area (Å²) in [5.74, 6) is 1.18. The van der Waals surface area contributed by atoms with Crippen LogP contribution < -0.4 is 5.32 Å². The average molecular weight is 445 g/mol. The van der Waals surface area contributed by atoms with Gasteiger partial charge < -0.3 is 19.7 Å². The molecule has 168 valence electrons. The van der Waals surface area contributed by atoms with E-state index in [0.717, 1.165) is 32.0 Å². The van der Waals surface area contributed by atoms with E-state index in [1.54, 1.807) is 12.1 Å². The SMILES string of the molecule is CCn1c(SCC(=O)N2CCN(C)CC2)nnc1[C@@H](NC(=O)c1ccccc1)C(C)C. The maximum atomic E-state index is 12.7. The summed E-state index contributed by atoms with van der Waals surface area (Å²) >= 11 is 1.41. The Kier molecular flexibility index (Phi) is 8.09. The van der Waals surface area contributed by atoms with E-state index in [0.29, 0.717) is 23.0 Å². The molecule has 1 N–H and O–H groups in total. The zero-order valence-corrected chi connectivity index (χ0v) is 19.6. The van der Waals surface area contributed by atoms with Gasteiger partial charge in [0.15, 0.2) is 11.0 Å². The lowest BCUT2D eigenvalue weighted by atomic mass is 10.0. The molecule has 0 bridgehead atoms. The summed E-state index contributed by atoms with van der Waals surface area (Å²) in [4.78, 5) is 29.5. The molecular formula is C22H32N6O2S. The van der Waals surface area contributed by atoms with E-state index in [2.05, 4.69) is 27.5 Å². The van der Waals surface area contributed by atoms with Crippen LogP contribution in [0.5, 0.6) is 0 Å². The van der Waals surface area contributed by atoms with Crippen LogP contribution in [0, 0.1) is 5.92 Å². The predicted molar refractivity (Wildman–Crippen MR) is 122 cm³/mol. The van der Waals surface area contributed by atoms with E-state index < -0.39 is 0 Å². The van der Waals surface area contributed by atoms with E-state index in [4.69, 9.17) is 0 Å². The summed E-state index contributed by atoms with van der Waals surface area (Å²) in [6.07, 6.45) is 0. The summed E-state index contributed by atoms with van der Waals surface area (Å²) in [7, 11) is 2.07. The third-order valence-corrected chi connectivity index (χ3v) is 6.46. The van der Waals surface area contributed by atoms with Crippen molar-refractivity contribution in [1.29, 1.82) is 0 Å². The average Bonchev–Trinajstić information content (AvgIpc) is 3.19. The summed E-state index contributed by atoms with van der Waals surface area (Å²) in [6, 6.07) is 8.89. The number of carbonyl (C=O) groups excluding carboxylic acids is 2. The molecule has 1 saturated heterocycles. The zero-order chi connectivity index (χ0) is 22.4. The number of nitrogens with zero attached hydrogens (tertiary/aromatic N) is 5. The highest BCUT2D eigenvalue weighted by molar-refractivity contribution is 7.99. The second-order valence-electron chi connectivity index (χ2n) is 8.12. The van der Waals surface area contributed by atoms with Gasteiger partial charge in [-0.1, -0.05) is 43.8 Å². The Balaban J connectivity index is 1.69. The number of rotatable bonds is 8. The normalized spacial score (nSPS) is 15.8. The van der Waals surface area contributed by atoms with Crippen LogP contribution in [0.15, 0.2) is 35.5 Å². The van der Waals surface area contributed by atoms with E-state index in [1.165, 1.54) is 11.8 Å². The summed E-state index contributed by atoms with van der Waals surface area (Å²) in [5, 5.41) is 12.6. The van der Waals surface area contributed by atoms with Crippen molar-refractivity contribution in [2.45, 2.75) is 38.5 Å². The second-order valence-corrected chi connectivity index (χ2v) is 9.06. The molecule has 0 aliphatic carbocycles. The molecule has 9 heteroatoms. The molecule has 1 fully saturated rings. The third-order valence-electron chi connectivity index (χ3n) is 5.51. The van der Waals surface area contributed by atoms with Gasteiger partial charge in [0.25, 0.3) is 5.91 Å². The Labute approximate surface area is 188 Å². The Morgan fingerprint density at radius 3 is 2.39 bits per heavy atom. The first-order valence-electron chi connectivity index (χ1n) is 10.8. The fourth-order valence-electron chi connectivity index (χ4n) is 3.55. The number of amides is 2. The van der Waals surface area contributed by atoms with Gasteiger partial charge in [-0.15, -0.1) is 10.2 Å². The lowest BCUT2D eigenvalue weighted by molar-refractivity contribution is -0.129. The standard InChI is InChI=1S/C22H32N6O2S/c1-5-28-20(19(16(2)3)23-21(30)17-9-7-6-8-10-17)24-25-22(28)31-15-18(29)27-13-11-26(4)12-14-27/h6-10,16,19H,5,11-15H2,1-4H3,(H,23,30)/t19-/m0/s1. The Morgan fingerprint density at radius 1 is 1.10 bits per heavy atom. The molecule has 3 rings (SSSR count). The van der Waals surface area contributed by atoms with Gasteiger partial charge >= 0.3 is 0 Å². The lowest BCUT2D eigenvalue weighted by Gasteiger charge is -2.32. The quantitative estimate of drug-likeness (QED) is 0.629. The van der Waals surface area contributed by atoms with Gasteiger partial charge in [0, 0.05) is 38.3 Å². The number of thioether (sulfide) groups is 1. The van der Waals surface area contributed by atoms with Crippen molar-refractivity contribution in [2.24, 2.45) is 5.92 Å². The number of aromatic nitrogens is 3. The molecule has 31 heavy (non-hydrogen) atoms. The molecular weight excluding hydrogens is 412 g/mol. The molecule has 0 spiro atoms. The predicted octanol–water partition coefficient (Wildman–Crippen LogP) is 2.29. The summed E-state index contributed by atoms with van der Waals surface area (Å²) < 4.78 is 2.00. The molecule has 2 aromatic rings. The maximum Gasteiger partial charge on any atom is 0.251 e. The number of nitrogens with one attached hydrogen (secondary N) is 1. The van der Waals surface area contributed by atoms with Crippen molar-refractivity contribution in [3.8, 4) is 0 Å². The molecule has 0 unspecified atom stereocenters. The number of hydrogen-bond acceptors (Lipinski definition) is 6. The number of likely N-dealkylation sites (N-methyl/N-ethyl adjacent to an activating group) is 1. The number of carbonyl (C=O) groups is 2. The van der Waals surface area contributed by atoms with Crippen LogP contribution >= 0.6 is 11.8 Å². The summed E-state index contributed by atoms with van der Waals surface area (Å²) in [6.45, 7) is 10.1. The number of benzene rings is 1. The highest BCUT2D eigenvalue weighted by Gasteiger charge is 2.27. The maximum absolute atomic E-state index is 12.7. The second kappa shape index (κ2) is 10.8. The minimum absolute atomic E-state index is 0.128.